The fourth-order valence-corrected chi connectivity index (χ4v) is 3.00. The molecule has 9 heteroatoms. The van der Waals surface area contributed by atoms with Crippen molar-refractivity contribution in [1.82, 2.24) is 20.3 Å². The topological polar surface area (TPSA) is 106 Å². The van der Waals surface area contributed by atoms with Crippen molar-refractivity contribution in [2.24, 2.45) is 0 Å². The van der Waals surface area contributed by atoms with Crippen LogP contribution in [-0.4, -0.2) is 40.1 Å². The fourth-order valence-electron chi connectivity index (χ4n) is 2.21. The van der Waals surface area contributed by atoms with E-state index in [1.54, 1.807) is 37.4 Å². The van der Waals surface area contributed by atoms with Crippen molar-refractivity contribution in [3.8, 4) is 11.3 Å². The van der Waals surface area contributed by atoms with Crippen LogP contribution in [-0.2, 0) is 4.74 Å². The minimum atomic E-state index is -0.386. The van der Waals surface area contributed by atoms with Gasteiger partial charge in [-0.1, -0.05) is 6.08 Å². The highest BCUT2D eigenvalue weighted by Gasteiger charge is 2.13. The lowest BCUT2D eigenvalue weighted by Gasteiger charge is -2.06. The molecule has 2 amide bonds. The zero-order valence-corrected chi connectivity index (χ0v) is 15.4. The molecule has 0 unspecified atom stereocenters. The molecule has 0 radical (unpaired) electrons. The Morgan fingerprint density at radius 3 is 2.96 bits per heavy atom. The van der Waals surface area contributed by atoms with Crippen molar-refractivity contribution in [2.75, 3.05) is 18.5 Å². The van der Waals surface area contributed by atoms with E-state index in [1.165, 1.54) is 11.3 Å². The summed E-state index contributed by atoms with van der Waals surface area (Å²) in [7, 11) is 0. The molecule has 0 spiro atoms. The summed E-state index contributed by atoms with van der Waals surface area (Å²) in [6, 6.07) is 4.69. The zero-order chi connectivity index (χ0) is 19.2. The molecule has 3 heterocycles. The molecule has 0 saturated carbocycles. The van der Waals surface area contributed by atoms with Gasteiger partial charge in [-0.2, -0.15) is 0 Å². The highest BCUT2D eigenvalue weighted by atomic mass is 32.1. The van der Waals surface area contributed by atoms with Gasteiger partial charge in [0.05, 0.1) is 18.5 Å². The van der Waals surface area contributed by atoms with Crippen LogP contribution in [0.5, 0.6) is 0 Å². The van der Waals surface area contributed by atoms with Gasteiger partial charge in [0, 0.05) is 17.5 Å². The van der Waals surface area contributed by atoms with Crippen molar-refractivity contribution in [1.29, 1.82) is 0 Å². The first kappa shape index (κ1) is 18.5. The van der Waals surface area contributed by atoms with Gasteiger partial charge in [0.2, 0.25) is 0 Å². The molecule has 27 heavy (non-hydrogen) atoms. The lowest BCUT2D eigenvalue weighted by Crippen LogP contribution is -2.28. The highest BCUT2D eigenvalue weighted by Crippen LogP contribution is 2.25. The van der Waals surface area contributed by atoms with E-state index < -0.39 is 0 Å². The van der Waals surface area contributed by atoms with Gasteiger partial charge in [-0.25, -0.2) is 19.6 Å². The van der Waals surface area contributed by atoms with Gasteiger partial charge in [-0.15, -0.1) is 17.9 Å². The number of rotatable bonds is 6. The quantitative estimate of drug-likeness (QED) is 0.500. The second kappa shape index (κ2) is 8.37. The third-order valence-corrected chi connectivity index (χ3v) is 4.34. The molecule has 0 aromatic carbocycles. The number of thiophene rings is 1. The molecule has 0 aliphatic heterocycles. The number of nitrogens with zero attached hydrogens (tertiary/aromatic N) is 3. The maximum atomic E-state index is 11.8. The number of aromatic nitrogens is 3. The van der Waals surface area contributed by atoms with Crippen LogP contribution in [0.2, 0.25) is 0 Å². The Labute approximate surface area is 159 Å². The Balaban J connectivity index is 1.84. The largest absolute Gasteiger partial charge is 0.462 e. The maximum absolute atomic E-state index is 11.8. The van der Waals surface area contributed by atoms with Crippen LogP contribution in [0.3, 0.4) is 0 Å². The molecule has 138 valence electrons. The summed E-state index contributed by atoms with van der Waals surface area (Å²) >= 11 is 1.28. The lowest BCUT2D eigenvalue weighted by atomic mass is 10.2. The van der Waals surface area contributed by atoms with Crippen LogP contribution in [0, 0.1) is 0 Å². The van der Waals surface area contributed by atoms with Crippen molar-refractivity contribution >= 4 is 40.3 Å². The van der Waals surface area contributed by atoms with Gasteiger partial charge >= 0.3 is 12.0 Å². The number of pyridine rings is 1. The van der Waals surface area contributed by atoms with E-state index in [0.717, 1.165) is 5.56 Å². The number of nitrogens with one attached hydrogen (secondary N) is 2. The Morgan fingerprint density at radius 2 is 2.19 bits per heavy atom. The average Bonchev–Trinajstić information content (AvgIpc) is 3.16. The Bertz CT molecular complexity index is 1000. The molecule has 3 aromatic rings. The number of amides is 2. The lowest BCUT2D eigenvalue weighted by molar-refractivity contribution is 0.0532. The van der Waals surface area contributed by atoms with E-state index in [9.17, 15) is 9.59 Å². The third kappa shape index (κ3) is 4.45. The minimum Gasteiger partial charge on any atom is -0.462 e. The van der Waals surface area contributed by atoms with E-state index in [4.69, 9.17) is 4.74 Å². The first-order valence-corrected chi connectivity index (χ1v) is 9.04. The Morgan fingerprint density at radius 1 is 1.33 bits per heavy atom. The summed E-state index contributed by atoms with van der Waals surface area (Å²) < 4.78 is 5.00. The zero-order valence-electron chi connectivity index (χ0n) is 14.6. The van der Waals surface area contributed by atoms with E-state index in [1.807, 2.05) is 5.38 Å². The number of carbonyl (C=O) groups is 2. The van der Waals surface area contributed by atoms with E-state index in [2.05, 4.69) is 32.2 Å². The van der Waals surface area contributed by atoms with Gasteiger partial charge in [-0.05, 0) is 25.1 Å². The van der Waals surface area contributed by atoms with E-state index in [0.29, 0.717) is 40.7 Å². The molecule has 0 bridgehead atoms. The summed E-state index contributed by atoms with van der Waals surface area (Å²) in [6.07, 6.45) is 3.20. The molecule has 0 aliphatic carbocycles. The molecule has 0 aliphatic rings. The number of anilines is 1. The molecule has 8 nitrogen and oxygen atoms in total. The van der Waals surface area contributed by atoms with Crippen LogP contribution in [0.1, 0.15) is 16.6 Å². The summed E-state index contributed by atoms with van der Waals surface area (Å²) in [4.78, 5) is 37.2. The first-order chi connectivity index (χ1) is 13.1. The Kier molecular flexibility index (Phi) is 5.72. The first-order valence-electron chi connectivity index (χ1n) is 8.16. The van der Waals surface area contributed by atoms with Crippen LogP contribution < -0.4 is 10.6 Å². The van der Waals surface area contributed by atoms with Gasteiger partial charge < -0.3 is 10.1 Å². The molecular formula is C18H17N5O3S. The van der Waals surface area contributed by atoms with Crippen LogP contribution in [0.25, 0.3) is 22.4 Å². The number of hydrogen-bond donors (Lipinski definition) is 2. The maximum Gasteiger partial charge on any atom is 0.348 e. The fraction of sp³-hybridized carbons (Fsp3) is 0.167. The number of carbonyl (C=O) groups excluding carboxylic acids is 2. The van der Waals surface area contributed by atoms with Crippen molar-refractivity contribution < 1.29 is 14.3 Å². The van der Waals surface area contributed by atoms with Gasteiger partial charge in [0.15, 0.2) is 5.65 Å². The molecule has 2 N–H and O–H groups in total. The van der Waals surface area contributed by atoms with Crippen LogP contribution in [0.15, 0.2) is 42.4 Å². The van der Waals surface area contributed by atoms with Crippen molar-refractivity contribution in [3.05, 3.63) is 47.3 Å². The minimum absolute atomic E-state index is 0.321. The number of esters is 1. The van der Waals surface area contributed by atoms with Crippen molar-refractivity contribution in [3.63, 3.8) is 0 Å². The van der Waals surface area contributed by atoms with Crippen LogP contribution >= 0.6 is 11.3 Å². The molecule has 0 saturated heterocycles. The molecule has 0 fully saturated rings. The summed E-state index contributed by atoms with van der Waals surface area (Å²) in [5, 5.41) is 7.04. The summed E-state index contributed by atoms with van der Waals surface area (Å²) in [5.74, 6) is -0.00862. The highest BCUT2D eigenvalue weighted by molar-refractivity contribution is 7.12. The Hall–Kier alpha value is -3.33. The second-order valence-electron chi connectivity index (χ2n) is 5.34. The van der Waals surface area contributed by atoms with Gasteiger partial charge in [-0.3, -0.25) is 10.3 Å². The average molecular weight is 383 g/mol. The van der Waals surface area contributed by atoms with Gasteiger partial charge in [0.1, 0.15) is 16.2 Å². The molecule has 0 atom stereocenters. The van der Waals surface area contributed by atoms with Crippen molar-refractivity contribution in [2.45, 2.75) is 6.92 Å². The number of fused-ring (bicyclic) bond motifs is 1. The summed E-state index contributed by atoms with van der Waals surface area (Å²) in [6.45, 7) is 5.97. The SMILES string of the molecule is C=CCNC(=O)Nc1ccc2ncc(-c3csc(C(=O)OCC)c3)nc2n1. The number of urea groups is 1. The normalized spacial score (nSPS) is 10.4. The number of hydrogen-bond acceptors (Lipinski definition) is 7. The third-order valence-electron chi connectivity index (χ3n) is 3.43. The predicted molar refractivity (Wildman–Crippen MR) is 104 cm³/mol. The molecular weight excluding hydrogens is 366 g/mol. The molecule has 3 aromatic heterocycles. The molecule has 3 rings (SSSR count). The van der Waals surface area contributed by atoms with E-state index in [-0.39, 0.29) is 12.0 Å². The van der Waals surface area contributed by atoms with E-state index >= 15 is 0 Å². The monoisotopic (exact) mass is 383 g/mol. The predicted octanol–water partition coefficient (Wildman–Crippen LogP) is 3.24. The second-order valence-corrected chi connectivity index (χ2v) is 6.25. The number of ether oxygens (including phenoxy) is 1. The van der Waals surface area contributed by atoms with Crippen LogP contribution in [0.4, 0.5) is 10.6 Å². The summed E-state index contributed by atoms with van der Waals surface area (Å²) in [5.41, 5.74) is 2.31. The van der Waals surface area contributed by atoms with Gasteiger partial charge in [0.25, 0.3) is 0 Å². The standard InChI is InChI=1S/C18H17N5O3S/c1-3-7-19-18(25)23-15-6-5-12-16(22-15)21-13(9-20-12)11-8-14(27-10-11)17(24)26-4-2/h3,5-6,8-10H,1,4,7H2,2H3,(H2,19,21,22,23,25). The smallest absolute Gasteiger partial charge is 0.348 e.